The molecule has 2 atom stereocenters. The Morgan fingerprint density at radius 2 is 2.22 bits per heavy atom. The Hall–Kier alpha value is -1.64. The topological polar surface area (TPSA) is 114 Å². The quantitative estimate of drug-likeness (QED) is 0.602. The molecule has 0 amide bonds. The maximum Gasteiger partial charge on any atom is 0.225 e. The van der Waals surface area contributed by atoms with Gasteiger partial charge in [-0.05, 0) is 19.3 Å². The smallest absolute Gasteiger partial charge is 0.225 e. The summed E-state index contributed by atoms with van der Waals surface area (Å²) in [6.45, 7) is 1.63. The lowest BCUT2D eigenvalue weighted by Crippen LogP contribution is -2.54. The predicted molar refractivity (Wildman–Crippen MR) is 86.5 cm³/mol. The van der Waals surface area contributed by atoms with E-state index in [4.69, 9.17) is 15.2 Å². The molecule has 1 aromatic rings. The van der Waals surface area contributed by atoms with Gasteiger partial charge >= 0.3 is 0 Å². The molecule has 0 spiro atoms. The second-order valence-corrected chi connectivity index (χ2v) is 5.97. The van der Waals surface area contributed by atoms with E-state index in [1.54, 1.807) is 13.2 Å². The Morgan fingerprint density at radius 1 is 1.43 bits per heavy atom. The Kier molecular flexibility index (Phi) is 5.97. The lowest BCUT2D eigenvalue weighted by molar-refractivity contribution is -0.0388. The minimum absolute atomic E-state index is 0.0912. The summed E-state index contributed by atoms with van der Waals surface area (Å²) >= 11 is 0. The number of hydrogen-bond acceptors (Lipinski definition) is 8. The molecule has 0 unspecified atom stereocenters. The molecule has 0 radical (unpaired) electrons. The maximum absolute atomic E-state index is 10.4. The Labute approximate surface area is 136 Å². The first-order valence-electron chi connectivity index (χ1n) is 7.76. The highest BCUT2D eigenvalue weighted by atomic mass is 16.5. The van der Waals surface area contributed by atoms with E-state index in [1.807, 2.05) is 4.90 Å². The first-order valence-corrected chi connectivity index (χ1v) is 7.76. The number of methoxy groups -OCH3 is 2. The number of aliphatic hydroxyl groups is 2. The third-order valence-corrected chi connectivity index (χ3v) is 4.46. The van der Waals surface area contributed by atoms with E-state index in [0.29, 0.717) is 44.2 Å². The molecule has 2 rings (SSSR count). The number of anilines is 2. The summed E-state index contributed by atoms with van der Waals surface area (Å²) in [6.07, 6.45) is 1.45. The van der Waals surface area contributed by atoms with Gasteiger partial charge in [0.1, 0.15) is 5.82 Å². The summed E-state index contributed by atoms with van der Waals surface area (Å²) in [5, 5.41) is 20.4. The fraction of sp³-hybridized carbons (Fsp3) is 0.733. The molecular weight excluding hydrogens is 300 g/mol. The Balaban J connectivity index is 2.19. The maximum atomic E-state index is 10.4. The van der Waals surface area contributed by atoms with E-state index < -0.39 is 11.5 Å². The first-order chi connectivity index (χ1) is 11.0. The van der Waals surface area contributed by atoms with Crippen LogP contribution in [0.25, 0.3) is 0 Å². The van der Waals surface area contributed by atoms with Crippen molar-refractivity contribution in [1.82, 2.24) is 9.97 Å². The van der Waals surface area contributed by atoms with Crippen molar-refractivity contribution >= 4 is 11.8 Å². The zero-order chi connectivity index (χ0) is 16.9. The third kappa shape index (κ3) is 4.01. The van der Waals surface area contributed by atoms with Crippen molar-refractivity contribution in [3.8, 4) is 5.88 Å². The molecule has 23 heavy (non-hydrogen) atoms. The van der Waals surface area contributed by atoms with E-state index in [1.165, 1.54) is 7.11 Å². The fourth-order valence-electron chi connectivity index (χ4n) is 3.09. The van der Waals surface area contributed by atoms with Crippen molar-refractivity contribution in [2.75, 3.05) is 51.2 Å². The molecule has 1 saturated heterocycles. The summed E-state index contributed by atoms with van der Waals surface area (Å²) in [4.78, 5) is 10.2. The van der Waals surface area contributed by atoms with Gasteiger partial charge in [-0.1, -0.05) is 0 Å². The van der Waals surface area contributed by atoms with Crippen molar-refractivity contribution in [3.63, 3.8) is 0 Å². The minimum atomic E-state index is -0.594. The second kappa shape index (κ2) is 7.76. The van der Waals surface area contributed by atoms with Crippen LogP contribution < -0.4 is 15.4 Å². The number of nitrogens with zero attached hydrogens (tertiary/aromatic N) is 3. The van der Waals surface area contributed by atoms with E-state index in [9.17, 15) is 10.2 Å². The van der Waals surface area contributed by atoms with Crippen LogP contribution in [0.3, 0.4) is 0 Å². The second-order valence-electron chi connectivity index (χ2n) is 5.97. The van der Waals surface area contributed by atoms with Crippen LogP contribution in [0.15, 0.2) is 6.07 Å². The molecular formula is C15H26N4O4. The van der Waals surface area contributed by atoms with E-state index >= 15 is 0 Å². The van der Waals surface area contributed by atoms with Gasteiger partial charge in [0.2, 0.25) is 11.8 Å². The zero-order valence-electron chi connectivity index (χ0n) is 13.7. The molecule has 8 nitrogen and oxygen atoms in total. The number of nitrogens with two attached hydrogens (primary N) is 1. The number of nitrogen functional groups attached to an aromatic ring is 1. The molecule has 1 aromatic heterocycles. The molecule has 0 bridgehead atoms. The molecule has 8 heteroatoms. The molecule has 4 N–H and O–H groups in total. The number of piperidine rings is 1. The largest absolute Gasteiger partial charge is 0.481 e. The van der Waals surface area contributed by atoms with E-state index in [2.05, 4.69) is 9.97 Å². The van der Waals surface area contributed by atoms with Gasteiger partial charge < -0.3 is 30.3 Å². The van der Waals surface area contributed by atoms with Crippen molar-refractivity contribution in [1.29, 1.82) is 0 Å². The molecule has 0 aliphatic carbocycles. The van der Waals surface area contributed by atoms with Gasteiger partial charge in [0.25, 0.3) is 0 Å². The molecule has 1 fully saturated rings. The van der Waals surface area contributed by atoms with Crippen LogP contribution in [0, 0.1) is 5.41 Å². The van der Waals surface area contributed by atoms with Crippen molar-refractivity contribution in [2.24, 2.45) is 5.41 Å². The van der Waals surface area contributed by atoms with Gasteiger partial charge in [0.05, 0.1) is 19.8 Å². The number of aromatic nitrogens is 2. The highest BCUT2D eigenvalue weighted by molar-refractivity contribution is 5.46. The SMILES string of the molecule is COCCC[C@@]1(CO)CN(c2cc(OC)nc(N)n2)CC[C@H]1O. The first kappa shape index (κ1) is 17.7. The lowest BCUT2D eigenvalue weighted by atomic mass is 9.74. The van der Waals surface area contributed by atoms with Crippen LogP contribution in [0.5, 0.6) is 5.88 Å². The summed E-state index contributed by atoms with van der Waals surface area (Å²) in [5.41, 5.74) is 5.13. The van der Waals surface area contributed by atoms with Crippen LogP contribution in [-0.2, 0) is 4.74 Å². The average molecular weight is 326 g/mol. The van der Waals surface area contributed by atoms with E-state index in [0.717, 1.165) is 6.42 Å². The zero-order valence-corrected chi connectivity index (χ0v) is 13.7. The van der Waals surface area contributed by atoms with E-state index in [-0.39, 0.29) is 12.6 Å². The van der Waals surface area contributed by atoms with Gasteiger partial charge in [0.15, 0.2) is 0 Å². The van der Waals surface area contributed by atoms with Crippen LogP contribution in [-0.4, -0.2) is 66.8 Å². The summed E-state index contributed by atoms with van der Waals surface area (Å²) < 4.78 is 10.2. The molecule has 0 aromatic carbocycles. The summed E-state index contributed by atoms with van der Waals surface area (Å²) in [5.74, 6) is 1.18. The highest BCUT2D eigenvalue weighted by Gasteiger charge is 2.42. The Bertz CT molecular complexity index is 516. The number of ether oxygens (including phenoxy) is 2. The van der Waals surface area contributed by atoms with Crippen LogP contribution in [0.4, 0.5) is 11.8 Å². The monoisotopic (exact) mass is 326 g/mol. The van der Waals surface area contributed by atoms with Gasteiger partial charge in [-0.15, -0.1) is 0 Å². The predicted octanol–water partition coefficient (Wildman–Crippen LogP) is 0.0437. The van der Waals surface area contributed by atoms with Gasteiger partial charge in [-0.2, -0.15) is 9.97 Å². The standard InChI is InChI=1S/C15H26N4O4/c1-22-7-3-5-15(10-20)9-19(6-4-11(15)21)12-8-13(23-2)18-14(16)17-12/h8,11,20-21H,3-7,9-10H2,1-2H3,(H2,16,17,18)/t11-,15+/m1/s1. The van der Waals surface area contributed by atoms with Crippen molar-refractivity contribution < 1.29 is 19.7 Å². The average Bonchev–Trinajstić information content (AvgIpc) is 2.56. The summed E-state index contributed by atoms with van der Waals surface area (Å²) in [6, 6.07) is 1.71. The molecule has 0 saturated carbocycles. The van der Waals surface area contributed by atoms with Crippen LogP contribution in [0.1, 0.15) is 19.3 Å². The number of rotatable bonds is 7. The number of hydrogen-bond donors (Lipinski definition) is 3. The van der Waals surface area contributed by atoms with Crippen molar-refractivity contribution in [3.05, 3.63) is 6.07 Å². The lowest BCUT2D eigenvalue weighted by Gasteiger charge is -2.45. The fourth-order valence-corrected chi connectivity index (χ4v) is 3.09. The number of aliphatic hydroxyl groups excluding tert-OH is 2. The normalized spacial score (nSPS) is 24.7. The molecule has 2 heterocycles. The highest BCUT2D eigenvalue weighted by Crippen LogP contribution is 2.36. The molecule has 130 valence electrons. The van der Waals surface area contributed by atoms with Crippen LogP contribution >= 0.6 is 0 Å². The van der Waals surface area contributed by atoms with Gasteiger partial charge in [-0.3, -0.25) is 0 Å². The molecule has 1 aliphatic heterocycles. The summed E-state index contributed by atoms with van der Waals surface area (Å²) in [7, 11) is 3.17. The van der Waals surface area contributed by atoms with Gasteiger partial charge in [-0.25, -0.2) is 0 Å². The Morgan fingerprint density at radius 3 is 2.87 bits per heavy atom. The third-order valence-electron chi connectivity index (χ3n) is 4.46. The van der Waals surface area contributed by atoms with Crippen LogP contribution in [0.2, 0.25) is 0 Å². The molecule has 1 aliphatic rings. The van der Waals surface area contributed by atoms with Gasteiger partial charge in [0, 0.05) is 38.3 Å². The van der Waals surface area contributed by atoms with Crippen molar-refractivity contribution in [2.45, 2.75) is 25.4 Å². The minimum Gasteiger partial charge on any atom is -0.481 e.